The highest BCUT2D eigenvalue weighted by atomic mass is 19.1. The number of ether oxygens (including phenoxy) is 2. The Morgan fingerprint density at radius 1 is 1.10 bits per heavy atom. The molecule has 0 aliphatic rings. The van der Waals surface area contributed by atoms with Crippen LogP contribution >= 0.6 is 0 Å². The molecule has 0 radical (unpaired) electrons. The molecule has 29 heavy (non-hydrogen) atoms. The van der Waals surface area contributed by atoms with E-state index in [1.54, 1.807) is 13.2 Å². The van der Waals surface area contributed by atoms with Crippen molar-refractivity contribution in [3.8, 4) is 11.5 Å². The lowest BCUT2D eigenvalue weighted by Crippen LogP contribution is -2.26. The fourth-order valence-corrected chi connectivity index (χ4v) is 3.21. The molecule has 1 N–H and O–H groups in total. The molecule has 0 saturated heterocycles. The van der Waals surface area contributed by atoms with Gasteiger partial charge in [-0.15, -0.1) is 0 Å². The van der Waals surface area contributed by atoms with Crippen molar-refractivity contribution in [1.29, 1.82) is 0 Å². The van der Waals surface area contributed by atoms with E-state index in [2.05, 4.69) is 5.32 Å². The van der Waals surface area contributed by atoms with Crippen LogP contribution in [0.15, 0.2) is 67.0 Å². The van der Waals surface area contributed by atoms with Crippen LogP contribution < -0.4 is 14.8 Å². The van der Waals surface area contributed by atoms with Crippen LogP contribution in [0.4, 0.5) is 4.39 Å². The Hall–Kier alpha value is -3.28. The summed E-state index contributed by atoms with van der Waals surface area (Å²) in [6.07, 6.45) is 3.95. The Kier molecular flexibility index (Phi) is 6.89. The largest absolute Gasteiger partial charge is 0.493 e. The molecule has 0 saturated carbocycles. The summed E-state index contributed by atoms with van der Waals surface area (Å²) in [5, 5.41) is 2.94. The van der Waals surface area contributed by atoms with Gasteiger partial charge in [-0.1, -0.05) is 18.2 Å². The average Bonchev–Trinajstić information content (AvgIpc) is 3.26. The predicted octanol–water partition coefficient (Wildman–Crippen LogP) is 4.33. The number of halogens is 1. The minimum Gasteiger partial charge on any atom is -0.493 e. The minimum absolute atomic E-state index is 0.124. The van der Waals surface area contributed by atoms with E-state index in [0.717, 1.165) is 11.1 Å². The van der Waals surface area contributed by atoms with Crippen molar-refractivity contribution in [2.75, 3.05) is 13.7 Å². The lowest BCUT2D eigenvalue weighted by molar-refractivity contribution is -0.121. The number of rotatable bonds is 9. The van der Waals surface area contributed by atoms with E-state index >= 15 is 0 Å². The highest BCUT2D eigenvalue weighted by Gasteiger charge is 2.18. The zero-order chi connectivity index (χ0) is 20.6. The van der Waals surface area contributed by atoms with Gasteiger partial charge in [0.15, 0.2) is 11.5 Å². The second-order valence-corrected chi connectivity index (χ2v) is 6.60. The zero-order valence-electron chi connectivity index (χ0n) is 16.6. The third-order valence-electron chi connectivity index (χ3n) is 4.62. The second kappa shape index (κ2) is 9.78. The molecule has 1 aromatic heterocycles. The van der Waals surface area contributed by atoms with Gasteiger partial charge in [-0.25, -0.2) is 4.39 Å². The van der Waals surface area contributed by atoms with Gasteiger partial charge in [0.1, 0.15) is 5.82 Å². The van der Waals surface area contributed by atoms with Gasteiger partial charge in [-0.05, 0) is 54.4 Å². The SMILES string of the molecule is CCOc1ccc(CNC(=O)C[C@@H](c2cccc(F)c2)n2cccc2)cc1OC. The average molecular weight is 396 g/mol. The molecule has 0 fully saturated rings. The Balaban J connectivity index is 1.68. The van der Waals surface area contributed by atoms with Gasteiger partial charge < -0.3 is 19.4 Å². The maximum Gasteiger partial charge on any atom is 0.222 e. The Labute approximate surface area is 170 Å². The van der Waals surface area contributed by atoms with Crippen molar-refractivity contribution in [3.05, 3.63) is 83.9 Å². The van der Waals surface area contributed by atoms with Crippen LogP contribution in [0.3, 0.4) is 0 Å². The molecule has 1 heterocycles. The molecular weight excluding hydrogens is 371 g/mol. The first-order valence-electron chi connectivity index (χ1n) is 9.55. The second-order valence-electron chi connectivity index (χ2n) is 6.60. The molecule has 0 aliphatic carbocycles. The van der Waals surface area contributed by atoms with Gasteiger partial charge in [0.05, 0.1) is 26.2 Å². The number of carbonyl (C=O) groups excluding carboxylic acids is 1. The Morgan fingerprint density at radius 3 is 2.59 bits per heavy atom. The number of amides is 1. The van der Waals surface area contributed by atoms with Gasteiger partial charge in [0, 0.05) is 18.9 Å². The van der Waals surface area contributed by atoms with Gasteiger partial charge in [0.2, 0.25) is 5.91 Å². The van der Waals surface area contributed by atoms with E-state index in [9.17, 15) is 9.18 Å². The van der Waals surface area contributed by atoms with Crippen LogP contribution in [0.5, 0.6) is 11.5 Å². The Bertz CT molecular complexity index is 941. The van der Waals surface area contributed by atoms with E-state index < -0.39 is 0 Å². The fourth-order valence-electron chi connectivity index (χ4n) is 3.21. The Morgan fingerprint density at radius 2 is 1.90 bits per heavy atom. The lowest BCUT2D eigenvalue weighted by Gasteiger charge is -2.19. The molecule has 1 amide bonds. The first kappa shape index (κ1) is 20.5. The summed E-state index contributed by atoms with van der Waals surface area (Å²) in [4.78, 5) is 12.6. The van der Waals surface area contributed by atoms with Crippen molar-refractivity contribution in [2.24, 2.45) is 0 Å². The minimum atomic E-state index is -0.318. The van der Waals surface area contributed by atoms with Crippen LogP contribution in [0.1, 0.15) is 30.5 Å². The molecule has 0 spiro atoms. The quantitative estimate of drug-likeness (QED) is 0.586. The first-order valence-corrected chi connectivity index (χ1v) is 9.55. The first-order chi connectivity index (χ1) is 14.1. The number of hydrogen-bond donors (Lipinski definition) is 1. The van der Waals surface area contributed by atoms with Gasteiger partial charge in [-0.2, -0.15) is 0 Å². The number of nitrogens with zero attached hydrogens (tertiary/aromatic N) is 1. The molecule has 3 aromatic rings. The highest BCUT2D eigenvalue weighted by molar-refractivity contribution is 5.77. The lowest BCUT2D eigenvalue weighted by atomic mass is 10.0. The maximum absolute atomic E-state index is 13.7. The van der Waals surface area contributed by atoms with E-state index in [1.165, 1.54) is 12.1 Å². The molecule has 0 bridgehead atoms. The van der Waals surface area contributed by atoms with E-state index in [-0.39, 0.29) is 24.2 Å². The molecule has 3 rings (SSSR count). The smallest absolute Gasteiger partial charge is 0.222 e. The third-order valence-corrected chi connectivity index (χ3v) is 4.62. The highest BCUT2D eigenvalue weighted by Crippen LogP contribution is 2.28. The predicted molar refractivity (Wildman–Crippen MR) is 110 cm³/mol. The number of benzene rings is 2. The van der Waals surface area contributed by atoms with Crippen molar-refractivity contribution in [2.45, 2.75) is 25.9 Å². The molecular formula is C23H25FN2O3. The molecule has 5 nitrogen and oxygen atoms in total. The monoisotopic (exact) mass is 396 g/mol. The van der Waals surface area contributed by atoms with Gasteiger partial charge in [-0.3, -0.25) is 4.79 Å². The van der Waals surface area contributed by atoms with E-state index in [1.807, 2.05) is 60.3 Å². The van der Waals surface area contributed by atoms with Crippen molar-refractivity contribution >= 4 is 5.91 Å². The summed E-state index contributed by atoms with van der Waals surface area (Å²) in [6, 6.07) is 15.4. The van der Waals surface area contributed by atoms with Crippen molar-refractivity contribution < 1.29 is 18.7 Å². The number of aromatic nitrogens is 1. The number of carbonyl (C=O) groups is 1. The molecule has 0 aliphatic heterocycles. The van der Waals surface area contributed by atoms with Crippen molar-refractivity contribution in [1.82, 2.24) is 9.88 Å². The summed E-state index contributed by atoms with van der Waals surface area (Å²) in [5.74, 6) is 0.856. The van der Waals surface area contributed by atoms with Crippen LogP contribution in [-0.4, -0.2) is 24.2 Å². The van der Waals surface area contributed by atoms with Gasteiger partial charge in [0.25, 0.3) is 0 Å². The maximum atomic E-state index is 13.7. The van der Waals surface area contributed by atoms with E-state index in [4.69, 9.17) is 9.47 Å². The van der Waals surface area contributed by atoms with Crippen LogP contribution in [0.2, 0.25) is 0 Å². The molecule has 6 heteroatoms. The number of nitrogens with one attached hydrogen (secondary N) is 1. The standard InChI is InChI=1S/C23H25FN2O3/c1-3-29-21-10-9-17(13-22(21)28-2)16-25-23(27)15-20(26-11-4-5-12-26)18-7-6-8-19(24)14-18/h4-14,20H,3,15-16H2,1-2H3,(H,25,27)/t20-/m0/s1. The summed E-state index contributed by atoms with van der Waals surface area (Å²) in [6.45, 7) is 2.82. The summed E-state index contributed by atoms with van der Waals surface area (Å²) >= 11 is 0. The normalized spacial score (nSPS) is 11.7. The molecule has 2 aromatic carbocycles. The summed E-state index contributed by atoms with van der Waals surface area (Å²) in [7, 11) is 1.58. The molecule has 1 atom stereocenters. The fraction of sp³-hybridized carbons (Fsp3) is 0.261. The van der Waals surface area contributed by atoms with Gasteiger partial charge >= 0.3 is 0 Å². The van der Waals surface area contributed by atoms with E-state index in [0.29, 0.717) is 24.7 Å². The topological polar surface area (TPSA) is 52.5 Å². The van der Waals surface area contributed by atoms with Crippen LogP contribution in [0, 0.1) is 5.82 Å². The number of methoxy groups -OCH3 is 1. The number of hydrogen-bond acceptors (Lipinski definition) is 3. The summed E-state index contributed by atoms with van der Waals surface area (Å²) in [5.41, 5.74) is 1.65. The molecule has 0 unspecified atom stereocenters. The third kappa shape index (κ3) is 5.38. The zero-order valence-corrected chi connectivity index (χ0v) is 16.6. The molecule has 152 valence electrons. The summed E-state index contributed by atoms with van der Waals surface area (Å²) < 4.78 is 26.5. The van der Waals surface area contributed by atoms with Crippen molar-refractivity contribution in [3.63, 3.8) is 0 Å². The van der Waals surface area contributed by atoms with Crippen LogP contribution in [-0.2, 0) is 11.3 Å². The van der Waals surface area contributed by atoms with Crippen LogP contribution in [0.25, 0.3) is 0 Å².